The van der Waals surface area contributed by atoms with Crippen molar-refractivity contribution in [3.8, 4) is 11.5 Å². The lowest BCUT2D eigenvalue weighted by atomic mass is 10.1. The fraction of sp³-hybridized carbons (Fsp3) is 0.136. The number of nitro benzene ring substituents is 1. The lowest BCUT2D eigenvalue weighted by Gasteiger charge is -2.10. The monoisotopic (exact) mass is 424 g/mol. The van der Waals surface area contributed by atoms with Gasteiger partial charge >= 0.3 is 0 Å². The van der Waals surface area contributed by atoms with Gasteiger partial charge in [-0.25, -0.2) is 0 Å². The van der Waals surface area contributed by atoms with Crippen molar-refractivity contribution in [2.24, 2.45) is 0 Å². The number of carbonyl (C=O) groups is 1. The molecule has 0 radical (unpaired) electrons. The smallest absolute Gasteiger partial charge is 0.269 e. The summed E-state index contributed by atoms with van der Waals surface area (Å²) in [7, 11) is 3.12. The predicted octanol–water partition coefficient (Wildman–Crippen LogP) is 4.94. The van der Waals surface area contributed by atoms with Crippen LogP contribution in [0.5, 0.6) is 11.5 Å². The molecule has 0 heterocycles. The Hall–Kier alpha value is -3.52. The van der Waals surface area contributed by atoms with Crippen molar-refractivity contribution in [3.05, 3.63) is 82.4 Å². The average molecular weight is 424 g/mol. The number of hydrogen-bond acceptors (Lipinski definition) is 6. The van der Waals surface area contributed by atoms with Crippen LogP contribution in [0.1, 0.15) is 5.56 Å². The Morgan fingerprint density at radius 1 is 0.933 bits per heavy atom. The number of nitrogens with one attached hydrogen (secondary N) is 1. The standard InChI is InChI=1S/C22H20N2O5S/c1-28-20-12-3-15(13-21(20)29-2)14-22(25)23-16-4-8-18(9-5-16)30-19-10-6-17(7-11-19)24(26)27/h3-13H,14H2,1-2H3,(H,23,25). The third-order valence-electron chi connectivity index (χ3n) is 4.23. The molecule has 154 valence electrons. The summed E-state index contributed by atoms with van der Waals surface area (Å²) in [6.45, 7) is 0. The van der Waals surface area contributed by atoms with Crippen molar-refractivity contribution in [1.82, 2.24) is 0 Å². The van der Waals surface area contributed by atoms with E-state index in [4.69, 9.17) is 9.47 Å². The van der Waals surface area contributed by atoms with Gasteiger partial charge in [-0.15, -0.1) is 0 Å². The second-order valence-electron chi connectivity index (χ2n) is 6.29. The molecule has 0 aliphatic rings. The normalized spacial score (nSPS) is 10.3. The van der Waals surface area contributed by atoms with Gasteiger partial charge in [-0.3, -0.25) is 14.9 Å². The molecule has 0 aromatic heterocycles. The average Bonchev–Trinajstić information content (AvgIpc) is 2.75. The Kier molecular flexibility index (Phi) is 6.92. The van der Waals surface area contributed by atoms with Crippen LogP contribution in [0.2, 0.25) is 0 Å². The first-order valence-corrected chi connectivity index (χ1v) is 9.83. The van der Waals surface area contributed by atoms with E-state index < -0.39 is 4.92 Å². The number of carbonyl (C=O) groups excluding carboxylic acids is 1. The van der Waals surface area contributed by atoms with Crippen molar-refractivity contribution < 1.29 is 19.2 Å². The highest BCUT2D eigenvalue weighted by Crippen LogP contribution is 2.30. The van der Waals surface area contributed by atoms with Crippen molar-refractivity contribution >= 4 is 29.0 Å². The zero-order valence-electron chi connectivity index (χ0n) is 16.5. The molecule has 0 fully saturated rings. The zero-order valence-corrected chi connectivity index (χ0v) is 17.3. The molecule has 0 unspecified atom stereocenters. The van der Waals surface area contributed by atoms with Crippen LogP contribution in [0.3, 0.4) is 0 Å². The van der Waals surface area contributed by atoms with Crippen LogP contribution >= 0.6 is 11.8 Å². The molecule has 8 heteroatoms. The maximum absolute atomic E-state index is 12.4. The molecule has 30 heavy (non-hydrogen) atoms. The van der Waals surface area contributed by atoms with E-state index in [-0.39, 0.29) is 18.0 Å². The molecule has 0 saturated carbocycles. The van der Waals surface area contributed by atoms with Gasteiger partial charge in [0.1, 0.15) is 0 Å². The Bertz CT molecular complexity index is 1040. The van der Waals surface area contributed by atoms with E-state index in [9.17, 15) is 14.9 Å². The van der Waals surface area contributed by atoms with Crippen molar-refractivity contribution in [1.29, 1.82) is 0 Å². The largest absolute Gasteiger partial charge is 0.493 e. The molecule has 0 aliphatic heterocycles. The van der Waals surface area contributed by atoms with Gasteiger partial charge in [0.05, 0.1) is 25.6 Å². The first-order valence-electron chi connectivity index (χ1n) is 9.01. The van der Waals surface area contributed by atoms with Gasteiger partial charge in [-0.2, -0.15) is 0 Å². The quantitative estimate of drug-likeness (QED) is 0.407. The number of hydrogen-bond donors (Lipinski definition) is 1. The molecule has 0 bridgehead atoms. The highest BCUT2D eigenvalue weighted by atomic mass is 32.2. The third-order valence-corrected chi connectivity index (χ3v) is 5.25. The van der Waals surface area contributed by atoms with E-state index >= 15 is 0 Å². The summed E-state index contributed by atoms with van der Waals surface area (Å²) < 4.78 is 10.5. The van der Waals surface area contributed by atoms with Gasteiger partial charge in [0.15, 0.2) is 11.5 Å². The number of ether oxygens (including phenoxy) is 2. The highest BCUT2D eigenvalue weighted by Gasteiger charge is 2.09. The van der Waals surface area contributed by atoms with Gasteiger partial charge < -0.3 is 14.8 Å². The van der Waals surface area contributed by atoms with Crippen molar-refractivity contribution in [2.75, 3.05) is 19.5 Å². The van der Waals surface area contributed by atoms with Gasteiger partial charge in [0.2, 0.25) is 5.91 Å². The Morgan fingerprint density at radius 2 is 1.53 bits per heavy atom. The minimum absolute atomic E-state index is 0.0619. The summed E-state index contributed by atoms with van der Waals surface area (Å²) in [5.41, 5.74) is 1.57. The van der Waals surface area contributed by atoms with Crippen LogP contribution < -0.4 is 14.8 Å². The van der Waals surface area contributed by atoms with E-state index in [0.29, 0.717) is 17.2 Å². The molecule has 3 aromatic carbocycles. The number of amides is 1. The minimum atomic E-state index is -0.423. The summed E-state index contributed by atoms with van der Waals surface area (Å²) >= 11 is 1.48. The molecule has 1 N–H and O–H groups in total. The lowest BCUT2D eigenvalue weighted by Crippen LogP contribution is -2.14. The van der Waals surface area contributed by atoms with E-state index in [1.165, 1.54) is 23.9 Å². The maximum atomic E-state index is 12.4. The molecular weight excluding hydrogens is 404 g/mol. The maximum Gasteiger partial charge on any atom is 0.269 e. The highest BCUT2D eigenvalue weighted by molar-refractivity contribution is 7.99. The SMILES string of the molecule is COc1ccc(CC(=O)Nc2ccc(Sc3ccc([N+](=O)[O-])cc3)cc2)cc1OC. The molecule has 3 rings (SSSR count). The molecule has 0 spiro atoms. The molecule has 7 nitrogen and oxygen atoms in total. The molecule has 0 aliphatic carbocycles. The Balaban J connectivity index is 1.58. The molecule has 1 amide bonds. The first kappa shape index (κ1) is 21.2. The predicted molar refractivity (Wildman–Crippen MR) is 116 cm³/mol. The minimum Gasteiger partial charge on any atom is -0.493 e. The van der Waals surface area contributed by atoms with Gasteiger partial charge in [-0.1, -0.05) is 17.8 Å². The van der Waals surface area contributed by atoms with E-state index in [1.807, 2.05) is 30.3 Å². The molecular formula is C22H20N2O5S. The zero-order chi connectivity index (χ0) is 21.5. The van der Waals surface area contributed by atoms with E-state index in [2.05, 4.69) is 5.32 Å². The Morgan fingerprint density at radius 3 is 2.10 bits per heavy atom. The summed E-state index contributed by atoms with van der Waals surface area (Å²) in [6, 6.07) is 19.2. The Labute approximate surface area is 178 Å². The van der Waals surface area contributed by atoms with E-state index in [1.54, 1.807) is 38.5 Å². The second kappa shape index (κ2) is 9.80. The first-order chi connectivity index (χ1) is 14.5. The third kappa shape index (κ3) is 5.51. The number of rotatable bonds is 8. The molecule has 0 atom stereocenters. The summed E-state index contributed by atoms with van der Waals surface area (Å²) in [4.78, 5) is 24.5. The number of methoxy groups -OCH3 is 2. The van der Waals surface area contributed by atoms with Gasteiger partial charge in [0.25, 0.3) is 5.69 Å². The summed E-state index contributed by atoms with van der Waals surface area (Å²) in [5.74, 6) is 1.05. The number of anilines is 1. The van der Waals surface area contributed by atoms with E-state index in [0.717, 1.165) is 15.4 Å². The fourth-order valence-electron chi connectivity index (χ4n) is 2.76. The second-order valence-corrected chi connectivity index (χ2v) is 7.44. The van der Waals surface area contributed by atoms with Crippen molar-refractivity contribution in [3.63, 3.8) is 0 Å². The van der Waals surface area contributed by atoms with Gasteiger partial charge in [-0.05, 0) is 54.1 Å². The molecule has 0 saturated heterocycles. The van der Waals surface area contributed by atoms with Crippen LogP contribution in [-0.4, -0.2) is 25.1 Å². The number of non-ortho nitro benzene ring substituents is 1. The topological polar surface area (TPSA) is 90.7 Å². The number of nitro groups is 1. The van der Waals surface area contributed by atoms with Crippen LogP contribution in [0.4, 0.5) is 11.4 Å². The number of benzene rings is 3. The fourth-order valence-corrected chi connectivity index (χ4v) is 3.58. The van der Waals surface area contributed by atoms with Gasteiger partial charge in [0, 0.05) is 27.6 Å². The van der Waals surface area contributed by atoms with Crippen LogP contribution in [-0.2, 0) is 11.2 Å². The van der Waals surface area contributed by atoms with Crippen LogP contribution in [0.25, 0.3) is 0 Å². The molecule has 3 aromatic rings. The van der Waals surface area contributed by atoms with Crippen molar-refractivity contribution in [2.45, 2.75) is 16.2 Å². The van der Waals surface area contributed by atoms with Crippen LogP contribution in [0.15, 0.2) is 76.5 Å². The summed E-state index contributed by atoms with van der Waals surface area (Å²) in [5, 5.41) is 13.6. The summed E-state index contributed by atoms with van der Waals surface area (Å²) in [6.07, 6.45) is 0.208. The number of nitrogens with zero attached hydrogens (tertiary/aromatic N) is 1. The lowest BCUT2D eigenvalue weighted by molar-refractivity contribution is -0.384. The van der Waals surface area contributed by atoms with Crippen LogP contribution in [0, 0.1) is 10.1 Å².